The molecule has 1 saturated heterocycles. The zero-order chi connectivity index (χ0) is 21.1. The molecule has 4 rings (SSSR count). The minimum absolute atomic E-state index is 0.00831. The lowest BCUT2D eigenvalue weighted by atomic mass is 9.98. The van der Waals surface area contributed by atoms with E-state index in [-0.39, 0.29) is 18.4 Å². The molecule has 9 heteroatoms. The Morgan fingerprint density at radius 2 is 2.03 bits per heavy atom. The van der Waals surface area contributed by atoms with E-state index in [0.29, 0.717) is 30.4 Å². The molecule has 1 aromatic carbocycles. The van der Waals surface area contributed by atoms with Gasteiger partial charge in [-0.15, -0.1) is 0 Å². The average molecular weight is 429 g/mol. The quantitative estimate of drug-likeness (QED) is 0.671. The van der Waals surface area contributed by atoms with Crippen LogP contribution in [0.25, 0.3) is 0 Å². The van der Waals surface area contributed by atoms with Crippen molar-refractivity contribution < 1.29 is 9.21 Å². The number of carbonyl (C=O) groups excluding carboxylic acids is 1. The van der Waals surface area contributed by atoms with Crippen LogP contribution in [-0.2, 0) is 17.8 Å². The third-order valence-electron chi connectivity index (χ3n) is 5.19. The summed E-state index contributed by atoms with van der Waals surface area (Å²) >= 11 is 5.92. The van der Waals surface area contributed by atoms with E-state index in [1.54, 1.807) is 11.1 Å². The molecule has 3 aromatic rings. The van der Waals surface area contributed by atoms with Gasteiger partial charge in [-0.2, -0.15) is 0 Å². The molecule has 3 heterocycles. The molecule has 1 N–H and O–H groups in total. The van der Waals surface area contributed by atoms with Crippen LogP contribution in [0.15, 0.2) is 56.7 Å². The Hall–Kier alpha value is -3.13. The summed E-state index contributed by atoms with van der Waals surface area (Å²) in [4.78, 5) is 44.0. The number of rotatable bonds is 5. The van der Waals surface area contributed by atoms with Gasteiger partial charge in [0.1, 0.15) is 12.3 Å². The highest BCUT2D eigenvalue weighted by atomic mass is 35.5. The van der Waals surface area contributed by atoms with Gasteiger partial charge < -0.3 is 9.32 Å². The van der Waals surface area contributed by atoms with Crippen molar-refractivity contribution in [1.82, 2.24) is 19.4 Å². The van der Waals surface area contributed by atoms with Crippen LogP contribution in [0.5, 0.6) is 0 Å². The normalized spacial score (nSPS) is 16.6. The lowest BCUT2D eigenvalue weighted by Crippen LogP contribution is -2.42. The summed E-state index contributed by atoms with van der Waals surface area (Å²) in [6, 6.07) is 8.80. The highest BCUT2D eigenvalue weighted by Gasteiger charge is 2.28. The van der Waals surface area contributed by atoms with Crippen molar-refractivity contribution in [1.29, 1.82) is 0 Å². The van der Waals surface area contributed by atoms with Gasteiger partial charge in [-0.25, -0.2) is 9.78 Å². The van der Waals surface area contributed by atoms with Gasteiger partial charge in [0.05, 0.1) is 12.1 Å². The van der Waals surface area contributed by atoms with Crippen LogP contribution in [0.1, 0.15) is 36.0 Å². The fraction of sp³-hybridized carbons (Fsp3) is 0.333. The van der Waals surface area contributed by atoms with E-state index in [4.69, 9.17) is 16.0 Å². The van der Waals surface area contributed by atoms with Gasteiger partial charge in [-0.1, -0.05) is 23.7 Å². The Morgan fingerprint density at radius 3 is 2.80 bits per heavy atom. The molecule has 1 atom stereocenters. The van der Waals surface area contributed by atoms with Crippen LogP contribution in [0.3, 0.4) is 0 Å². The molecule has 0 spiro atoms. The Kier molecular flexibility index (Phi) is 5.85. The second-order valence-corrected chi connectivity index (χ2v) is 7.82. The predicted molar refractivity (Wildman–Crippen MR) is 111 cm³/mol. The number of amides is 1. The topological polar surface area (TPSA) is 101 Å². The standard InChI is InChI=1S/C21H21ClN4O4/c22-16-5-3-14(4-6-16)10-17-11-23-20(30-17)15-2-1-8-25(12-15)19(28)13-26-9-7-18(27)24-21(26)29/h3-7,9,11,15H,1-2,8,10,12-13H2,(H,24,27,29)/t15-/m1/s1. The Morgan fingerprint density at radius 1 is 1.23 bits per heavy atom. The number of nitrogens with one attached hydrogen (secondary N) is 1. The van der Waals surface area contributed by atoms with Gasteiger partial charge in [0.15, 0.2) is 5.89 Å². The lowest BCUT2D eigenvalue weighted by molar-refractivity contribution is -0.133. The maximum absolute atomic E-state index is 12.7. The largest absolute Gasteiger partial charge is 0.445 e. The molecule has 0 unspecified atom stereocenters. The molecule has 0 aliphatic carbocycles. The number of hydrogen-bond acceptors (Lipinski definition) is 5. The van der Waals surface area contributed by atoms with Gasteiger partial charge >= 0.3 is 5.69 Å². The van der Waals surface area contributed by atoms with Gasteiger partial charge in [0.25, 0.3) is 5.56 Å². The fourth-order valence-corrected chi connectivity index (χ4v) is 3.74. The summed E-state index contributed by atoms with van der Waals surface area (Å²) in [6.45, 7) is 0.985. The minimum Gasteiger partial charge on any atom is -0.445 e. The van der Waals surface area contributed by atoms with Crippen LogP contribution in [0.4, 0.5) is 0 Å². The number of benzene rings is 1. The van der Waals surface area contributed by atoms with Crippen LogP contribution < -0.4 is 11.2 Å². The maximum atomic E-state index is 12.7. The van der Waals surface area contributed by atoms with Crippen molar-refractivity contribution in [3.8, 4) is 0 Å². The highest BCUT2D eigenvalue weighted by molar-refractivity contribution is 6.30. The summed E-state index contributed by atoms with van der Waals surface area (Å²) in [7, 11) is 0. The Labute approximate surface area is 177 Å². The van der Waals surface area contributed by atoms with Gasteiger partial charge in [-0.3, -0.25) is 19.1 Å². The van der Waals surface area contributed by atoms with Crippen LogP contribution >= 0.6 is 11.6 Å². The van der Waals surface area contributed by atoms with Crippen molar-refractivity contribution in [3.63, 3.8) is 0 Å². The third-order valence-corrected chi connectivity index (χ3v) is 5.44. The smallest absolute Gasteiger partial charge is 0.328 e. The van der Waals surface area contributed by atoms with Crippen molar-refractivity contribution in [2.75, 3.05) is 13.1 Å². The van der Waals surface area contributed by atoms with E-state index >= 15 is 0 Å². The molecule has 1 fully saturated rings. The second kappa shape index (κ2) is 8.71. The Bertz CT molecular complexity index is 1150. The molecule has 1 amide bonds. The fourth-order valence-electron chi connectivity index (χ4n) is 3.62. The van der Waals surface area contributed by atoms with E-state index < -0.39 is 11.2 Å². The minimum atomic E-state index is -0.594. The monoisotopic (exact) mass is 428 g/mol. The SMILES string of the molecule is O=C(Cn1ccc(=O)[nH]c1=O)N1CCC[C@@H](c2ncc(Cc3ccc(Cl)cc3)o2)C1. The molecule has 2 aromatic heterocycles. The number of likely N-dealkylation sites (tertiary alicyclic amines) is 1. The molecular formula is C21H21ClN4O4. The average Bonchev–Trinajstić information content (AvgIpc) is 3.20. The molecule has 1 aliphatic rings. The van der Waals surface area contributed by atoms with E-state index in [1.807, 2.05) is 24.3 Å². The van der Waals surface area contributed by atoms with Crippen molar-refractivity contribution in [3.05, 3.63) is 85.8 Å². The number of oxazole rings is 1. The molecule has 0 saturated carbocycles. The van der Waals surface area contributed by atoms with E-state index in [9.17, 15) is 14.4 Å². The first-order valence-electron chi connectivity index (χ1n) is 9.74. The van der Waals surface area contributed by atoms with E-state index in [1.165, 1.54) is 16.8 Å². The van der Waals surface area contributed by atoms with E-state index in [0.717, 1.165) is 24.2 Å². The molecular weight excluding hydrogens is 408 g/mol. The summed E-state index contributed by atoms with van der Waals surface area (Å²) in [5, 5.41) is 0.688. The van der Waals surface area contributed by atoms with Crippen LogP contribution in [0, 0.1) is 0 Å². The molecule has 0 radical (unpaired) electrons. The first kappa shape index (κ1) is 20.2. The van der Waals surface area contributed by atoms with Crippen molar-refractivity contribution >= 4 is 17.5 Å². The number of hydrogen-bond donors (Lipinski definition) is 1. The van der Waals surface area contributed by atoms with Crippen molar-refractivity contribution in [2.24, 2.45) is 0 Å². The number of carbonyl (C=O) groups is 1. The molecule has 0 bridgehead atoms. The highest BCUT2D eigenvalue weighted by Crippen LogP contribution is 2.27. The van der Waals surface area contributed by atoms with Crippen LogP contribution in [0.2, 0.25) is 5.02 Å². The predicted octanol–water partition coefficient (Wildman–Crippen LogP) is 2.17. The first-order valence-corrected chi connectivity index (χ1v) is 10.1. The number of halogens is 1. The summed E-state index contributed by atoms with van der Waals surface area (Å²) in [6.07, 6.45) is 5.38. The Balaban J connectivity index is 1.40. The molecule has 30 heavy (non-hydrogen) atoms. The summed E-state index contributed by atoms with van der Waals surface area (Å²) < 4.78 is 7.16. The molecule has 1 aliphatic heterocycles. The van der Waals surface area contributed by atoms with Gasteiger partial charge in [0.2, 0.25) is 5.91 Å². The molecule has 8 nitrogen and oxygen atoms in total. The zero-order valence-electron chi connectivity index (χ0n) is 16.2. The number of nitrogens with zero attached hydrogens (tertiary/aromatic N) is 3. The third kappa shape index (κ3) is 4.71. The number of piperidine rings is 1. The zero-order valence-corrected chi connectivity index (χ0v) is 17.0. The van der Waals surface area contributed by atoms with Gasteiger partial charge in [-0.05, 0) is 30.5 Å². The van der Waals surface area contributed by atoms with Crippen LogP contribution in [-0.4, -0.2) is 38.4 Å². The summed E-state index contributed by atoms with van der Waals surface area (Å²) in [5.74, 6) is 1.21. The lowest BCUT2D eigenvalue weighted by Gasteiger charge is -2.31. The second-order valence-electron chi connectivity index (χ2n) is 7.39. The van der Waals surface area contributed by atoms with Crippen molar-refractivity contribution in [2.45, 2.75) is 31.7 Å². The number of aromatic amines is 1. The maximum Gasteiger partial charge on any atom is 0.328 e. The first-order chi connectivity index (χ1) is 14.5. The molecule has 156 valence electrons. The summed E-state index contributed by atoms with van der Waals surface area (Å²) in [5.41, 5.74) is -0.00196. The number of aromatic nitrogens is 3. The van der Waals surface area contributed by atoms with Gasteiger partial charge in [0, 0.05) is 36.8 Å². The van der Waals surface area contributed by atoms with E-state index in [2.05, 4.69) is 9.97 Å². The number of H-pyrrole nitrogens is 1.